The van der Waals surface area contributed by atoms with E-state index in [1.165, 1.54) is 21.9 Å². The van der Waals surface area contributed by atoms with E-state index >= 15 is 0 Å². The lowest BCUT2D eigenvalue weighted by molar-refractivity contribution is 0.759. The van der Waals surface area contributed by atoms with Gasteiger partial charge in [-0.25, -0.2) is 4.98 Å². The van der Waals surface area contributed by atoms with Gasteiger partial charge in [-0.2, -0.15) is 0 Å². The van der Waals surface area contributed by atoms with Gasteiger partial charge in [0.1, 0.15) is 5.82 Å². The van der Waals surface area contributed by atoms with E-state index in [1.807, 2.05) is 18.3 Å². The van der Waals surface area contributed by atoms with E-state index in [-0.39, 0.29) is 0 Å². The van der Waals surface area contributed by atoms with Crippen molar-refractivity contribution in [3.05, 3.63) is 65.9 Å². The third-order valence-corrected chi connectivity index (χ3v) is 4.23. The topological polar surface area (TPSA) is 50.9 Å². The highest BCUT2D eigenvalue weighted by Gasteiger charge is 2.23. The molecule has 1 heterocycles. The minimum Gasteiger partial charge on any atom is -0.399 e. The lowest BCUT2D eigenvalue weighted by atomic mass is 10.1. The summed E-state index contributed by atoms with van der Waals surface area (Å²) >= 11 is 0. The maximum atomic E-state index is 5.87. The van der Waals surface area contributed by atoms with Crippen LogP contribution in [0.1, 0.15) is 23.6 Å². The monoisotopic (exact) mass is 275 g/mol. The number of anilines is 2. The Labute approximate surface area is 123 Å². The van der Waals surface area contributed by atoms with Gasteiger partial charge in [0, 0.05) is 17.3 Å². The molecule has 104 valence electrons. The maximum absolute atomic E-state index is 5.87. The Bertz CT molecular complexity index is 805. The summed E-state index contributed by atoms with van der Waals surface area (Å²) in [6.07, 6.45) is 4.02. The van der Waals surface area contributed by atoms with E-state index in [0.29, 0.717) is 6.04 Å². The van der Waals surface area contributed by atoms with E-state index in [1.54, 1.807) is 0 Å². The summed E-state index contributed by atoms with van der Waals surface area (Å²) in [6.45, 7) is 0. The molecule has 1 aliphatic carbocycles. The molecule has 2 aromatic carbocycles. The van der Waals surface area contributed by atoms with Gasteiger partial charge in [0.05, 0.1) is 6.04 Å². The molecule has 1 atom stereocenters. The molecule has 0 spiro atoms. The van der Waals surface area contributed by atoms with E-state index in [0.717, 1.165) is 24.3 Å². The summed E-state index contributed by atoms with van der Waals surface area (Å²) in [5.41, 5.74) is 9.42. The molecule has 0 radical (unpaired) electrons. The molecule has 0 aliphatic heterocycles. The maximum Gasteiger partial charge on any atom is 0.134 e. The van der Waals surface area contributed by atoms with Gasteiger partial charge in [0.15, 0.2) is 0 Å². The lowest BCUT2D eigenvalue weighted by Crippen LogP contribution is -2.08. The van der Waals surface area contributed by atoms with E-state index in [2.05, 4.69) is 46.7 Å². The standard InChI is InChI=1S/C18H17N3/c19-14-6-7-15-13(11-14)5-8-17(15)21-18-16-4-2-1-3-12(16)9-10-20-18/h1-4,6-7,9-11,17H,5,8,19H2,(H,20,21). The number of rotatable bonds is 2. The van der Waals surface area contributed by atoms with Crippen LogP contribution in [0.5, 0.6) is 0 Å². The van der Waals surface area contributed by atoms with Gasteiger partial charge in [-0.05, 0) is 47.6 Å². The van der Waals surface area contributed by atoms with Crippen LogP contribution in [0, 0.1) is 0 Å². The van der Waals surface area contributed by atoms with Gasteiger partial charge in [-0.15, -0.1) is 0 Å². The molecule has 1 aliphatic rings. The number of nitrogens with two attached hydrogens (primary N) is 1. The van der Waals surface area contributed by atoms with Gasteiger partial charge in [0.2, 0.25) is 0 Å². The largest absolute Gasteiger partial charge is 0.399 e. The van der Waals surface area contributed by atoms with Crippen molar-refractivity contribution in [2.24, 2.45) is 0 Å². The third kappa shape index (κ3) is 2.11. The molecule has 0 amide bonds. The number of pyridine rings is 1. The molecule has 4 rings (SSSR count). The van der Waals surface area contributed by atoms with Crippen LogP contribution in [0.4, 0.5) is 11.5 Å². The predicted octanol–water partition coefficient (Wildman–Crippen LogP) is 3.92. The molecule has 0 saturated heterocycles. The van der Waals surface area contributed by atoms with Crippen molar-refractivity contribution in [3.63, 3.8) is 0 Å². The van der Waals surface area contributed by atoms with Gasteiger partial charge >= 0.3 is 0 Å². The number of nitrogens with one attached hydrogen (secondary N) is 1. The molecule has 0 saturated carbocycles. The highest BCUT2D eigenvalue weighted by Crippen LogP contribution is 2.35. The molecule has 3 N–H and O–H groups in total. The third-order valence-electron chi connectivity index (χ3n) is 4.23. The van der Waals surface area contributed by atoms with Gasteiger partial charge in [0.25, 0.3) is 0 Å². The van der Waals surface area contributed by atoms with E-state index in [9.17, 15) is 0 Å². The normalized spacial score (nSPS) is 16.9. The molecule has 3 nitrogen and oxygen atoms in total. The second kappa shape index (κ2) is 4.77. The Morgan fingerprint density at radius 3 is 2.95 bits per heavy atom. The zero-order valence-corrected chi connectivity index (χ0v) is 11.7. The Kier molecular flexibility index (Phi) is 2.78. The summed E-state index contributed by atoms with van der Waals surface area (Å²) < 4.78 is 0. The Morgan fingerprint density at radius 1 is 1.10 bits per heavy atom. The van der Waals surface area contributed by atoms with Crippen LogP contribution in [0.3, 0.4) is 0 Å². The molecular weight excluding hydrogens is 258 g/mol. The number of nitrogen functional groups attached to an aromatic ring is 1. The highest BCUT2D eigenvalue weighted by atomic mass is 15.0. The number of hydrogen-bond acceptors (Lipinski definition) is 3. The molecule has 21 heavy (non-hydrogen) atoms. The van der Waals surface area contributed by atoms with Crippen LogP contribution < -0.4 is 11.1 Å². The SMILES string of the molecule is Nc1ccc2c(c1)CCC2Nc1nccc2ccccc12. The van der Waals surface area contributed by atoms with Crippen molar-refractivity contribution in [2.45, 2.75) is 18.9 Å². The molecule has 3 aromatic rings. The number of aromatic nitrogens is 1. The predicted molar refractivity (Wildman–Crippen MR) is 87.3 cm³/mol. The van der Waals surface area contributed by atoms with E-state index < -0.39 is 0 Å². The van der Waals surface area contributed by atoms with Crippen LogP contribution in [-0.2, 0) is 6.42 Å². The minimum atomic E-state index is 0.318. The first-order valence-corrected chi connectivity index (χ1v) is 7.30. The molecule has 1 aromatic heterocycles. The molecular formula is C18H17N3. The first-order valence-electron chi connectivity index (χ1n) is 7.30. The summed E-state index contributed by atoms with van der Waals surface area (Å²) in [4.78, 5) is 4.53. The van der Waals surface area contributed by atoms with Crippen molar-refractivity contribution in [2.75, 3.05) is 11.1 Å². The number of benzene rings is 2. The second-order valence-corrected chi connectivity index (χ2v) is 5.57. The summed E-state index contributed by atoms with van der Waals surface area (Å²) in [7, 11) is 0. The Balaban J connectivity index is 1.71. The molecule has 0 bridgehead atoms. The Hall–Kier alpha value is -2.55. The Morgan fingerprint density at radius 2 is 2.00 bits per heavy atom. The average Bonchev–Trinajstić information content (AvgIpc) is 2.90. The number of nitrogens with zero attached hydrogens (tertiary/aromatic N) is 1. The van der Waals surface area contributed by atoms with Crippen molar-refractivity contribution in [1.29, 1.82) is 0 Å². The number of hydrogen-bond donors (Lipinski definition) is 2. The van der Waals surface area contributed by atoms with Crippen molar-refractivity contribution in [3.8, 4) is 0 Å². The van der Waals surface area contributed by atoms with Crippen LogP contribution in [0.2, 0.25) is 0 Å². The quantitative estimate of drug-likeness (QED) is 0.697. The van der Waals surface area contributed by atoms with Gasteiger partial charge in [-0.1, -0.05) is 30.3 Å². The number of aryl methyl sites for hydroxylation is 1. The minimum absolute atomic E-state index is 0.318. The highest BCUT2D eigenvalue weighted by molar-refractivity contribution is 5.91. The summed E-state index contributed by atoms with van der Waals surface area (Å²) in [5.74, 6) is 0.961. The zero-order chi connectivity index (χ0) is 14.2. The fraction of sp³-hybridized carbons (Fsp3) is 0.167. The van der Waals surface area contributed by atoms with Crippen LogP contribution in [0.25, 0.3) is 10.8 Å². The fourth-order valence-electron chi connectivity index (χ4n) is 3.19. The molecule has 0 fully saturated rings. The van der Waals surface area contributed by atoms with E-state index in [4.69, 9.17) is 5.73 Å². The summed E-state index contributed by atoms with van der Waals surface area (Å²) in [5, 5.41) is 5.99. The first-order chi connectivity index (χ1) is 10.3. The average molecular weight is 275 g/mol. The van der Waals surface area contributed by atoms with Crippen LogP contribution in [0.15, 0.2) is 54.7 Å². The second-order valence-electron chi connectivity index (χ2n) is 5.57. The summed E-state index contributed by atoms with van der Waals surface area (Å²) in [6, 6.07) is 16.9. The zero-order valence-electron chi connectivity index (χ0n) is 11.7. The van der Waals surface area contributed by atoms with Crippen LogP contribution in [-0.4, -0.2) is 4.98 Å². The van der Waals surface area contributed by atoms with Gasteiger partial charge in [-0.3, -0.25) is 0 Å². The molecule has 1 unspecified atom stereocenters. The van der Waals surface area contributed by atoms with Crippen molar-refractivity contribution < 1.29 is 0 Å². The van der Waals surface area contributed by atoms with Gasteiger partial charge < -0.3 is 11.1 Å². The first kappa shape index (κ1) is 12.2. The van der Waals surface area contributed by atoms with Crippen LogP contribution >= 0.6 is 0 Å². The smallest absolute Gasteiger partial charge is 0.134 e. The van der Waals surface area contributed by atoms with Crippen molar-refractivity contribution >= 4 is 22.3 Å². The fourth-order valence-corrected chi connectivity index (χ4v) is 3.19. The van der Waals surface area contributed by atoms with Crippen molar-refractivity contribution in [1.82, 2.24) is 4.98 Å². The number of fused-ring (bicyclic) bond motifs is 2. The molecule has 3 heteroatoms. The lowest BCUT2D eigenvalue weighted by Gasteiger charge is -2.16.